The molecule has 0 saturated heterocycles. The van der Waals surface area contributed by atoms with Crippen LogP contribution in [0.3, 0.4) is 0 Å². The Labute approximate surface area is 72.8 Å². The molecule has 1 aromatic carbocycles. The normalized spacial score (nSPS) is 14.6. The zero-order valence-corrected chi connectivity index (χ0v) is 6.77. The molecule has 1 aromatic rings. The van der Waals surface area contributed by atoms with Gasteiger partial charge in [-0.25, -0.2) is 4.39 Å². The lowest BCUT2D eigenvalue weighted by atomic mass is 10.2. The van der Waals surface area contributed by atoms with Crippen LogP contribution in [0, 0.1) is 5.82 Å². The Kier molecular flexibility index (Phi) is 1.65. The molecule has 0 spiro atoms. The number of amidine groups is 1. The molecular weight excluding hydrogens is 179 g/mol. The van der Waals surface area contributed by atoms with Crippen molar-refractivity contribution in [1.82, 2.24) is 0 Å². The van der Waals surface area contributed by atoms with Gasteiger partial charge in [0.2, 0.25) is 12.2 Å². The van der Waals surface area contributed by atoms with E-state index in [1.54, 1.807) is 0 Å². The van der Waals surface area contributed by atoms with Crippen LogP contribution in [0.2, 0.25) is 0 Å². The second-order valence-electron chi connectivity index (χ2n) is 2.27. The van der Waals surface area contributed by atoms with Gasteiger partial charge in [-0.05, 0) is 18.2 Å². The first kappa shape index (κ1) is 7.42. The van der Waals surface area contributed by atoms with Crippen LogP contribution in [0.25, 0.3) is 0 Å². The third kappa shape index (κ3) is 1.12. The summed E-state index contributed by atoms with van der Waals surface area (Å²) in [6, 6.07) is 4.14. The van der Waals surface area contributed by atoms with Gasteiger partial charge in [0.15, 0.2) is 5.75 Å². The molecule has 0 unspecified atom stereocenters. The minimum Gasteiger partial charge on any atom is -0.403 e. The van der Waals surface area contributed by atoms with Gasteiger partial charge in [0, 0.05) is 0 Å². The SMILES string of the molecule is NC1=NSOc2ccc(F)cc21. The highest BCUT2D eigenvalue weighted by Crippen LogP contribution is 2.27. The summed E-state index contributed by atoms with van der Waals surface area (Å²) in [6.07, 6.45) is 0. The van der Waals surface area contributed by atoms with E-state index in [9.17, 15) is 4.39 Å². The van der Waals surface area contributed by atoms with E-state index in [0.717, 1.165) is 12.2 Å². The monoisotopic (exact) mass is 184 g/mol. The van der Waals surface area contributed by atoms with E-state index in [1.807, 2.05) is 0 Å². The summed E-state index contributed by atoms with van der Waals surface area (Å²) in [5.74, 6) is 0.497. The summed E-state index contributed by atoms with van der Waals surface area (Å²) in [6.45, 7) is 0. The fraction of sp³-hybridized carbons (Fsp3) is 0. The predicted octanol–water partition coefficient (Wildman–Crippen LogP) is 1.49. The summed E-state index contributed by atoms with van der Waals surface area (Å²) < 4.78 is 21.5. The average Bonchev–Trinajstić information content (AvgIpc) is 2.07. The van der Waals surface area contributed by atoms with Crippen molar-refractivity contribution >= 4 is 18.1 Å². The first-order valence-corrected chi connectivity index (χ1v) is 3.94. The lowest BCUT2D eigenvalue weighted by Crippen LogP contribution is -2.16. The maximum Gasteiger partial charge on any atom is 0.203 e. The van der Waals surface area contributed by atoms with Crippen molar-refractivity contribution in [3.63, 3.8) is 0 Å². The number of hydrogen-bond donors (Lipinski definition) is 1. The van der Waals surface area contributed by atoms with Gasteiger partial charge in [0.05, 0.1) is 5.56 Å². The number of nitrogens with zero attached hydrogens (tertiary/aromatic N) is 1. The fourth-order valence-electron chi connectivity index (χ4n) is 0.923. The highest BCUT2D eigenvalue weighted by atomic mass is 32.2. The summed E-state index contributed by atoms with van der Waals surface area (Å²) in [5, 5.41) is 0. The molecule has 0 bridgehead atoms. The minimum absolute atomic E-state index is 0.292. The van der Waals surface area contributed by atoms with Crippen molar-refractivity contribution in [1.29, 1.82) is 0 Å². The quantitative estimate of drug-likeness (QED) is 0.490. The molecule has 0 aromatic heterocycles. The Morgan fingerprint density at radius 2 is 2.33 bits per heavy atom. The van der Waals surface area contributed by atoms with Gasteiger partial charge in [-0.1, -0.05) is 0 Å². The van der Waals surface area contributed by atoms with Crippen LogP contribution in [0.4, 0.5) is 4.39 Å². The number of halogens is 1. The van der Waals surface area contributed by atoms with Gasteiger partial charge >= 0.3 is 0 Å². The number of nitrogens with two attached hydrogens (primary N) is 1. The van der Waals surface area contributed by atoms with Crippen LogP contribution in [0.5, 0.6) is 5.75 Å². The Morgan fingerprint density at radius 3 is 3.17 bits per heavy atom. The molecule has 12 heavy (non-hydrogen) atoms. The van der Waals surface area contributed by atoms with Gasteiger partial charge in [0.1, 0.15) is 11.7 Å². The summed E-state index contributed by atoms with van der Waals surface area (Å²) in [4.78, 5) is 0. The van der Waals surface area contributed by atoms with E-state index in [1.165, 1.54) is 18.2 Å². The minimum atomic E-state index is -0.345. The largest absolute Gasteiger partial charge is 0.403 e. The van der Waals surface area contributed by atoms with Crippen LogP contribution in [0.15, 0.2) is 22.6 Å². The van der Waals surface area contributed by atoms with Gasteiger partial charge in [-0.3, -0.25) is 0 Å². The van der Waals surface area contributed by atoms with Crippen molar-refractivity contribution in [2.45, 2.75) is 0 Å². The van der Waals surface area contributed by atoms with Crippen molar-refractivity contribution in [2.75, 3.05) is 0 Å². The molecule has 0 atom stereocenters. The summed E-state index contributed by atoms with van der Waals surface area (Å²) in [5.41, 5.74) is 6.01. The molecule has 1 aliphatic rings. The van der Waals surface area contributed by atoms with Crippen LogP contribution >= 0.6 is 12.2 Å². The molecule has 2 rings (SSSR count). The maximum atomic E-state index is 12.7. The molecule has 0 saturated carbocycles. The lowest BCUT2D eigenvalue weighted by Gasteiger charge is -2.11. The standard InChI is InChI=1S/C7H5FN2OS/c8-4-1-2-6-5(3-4)7(9)10-12-11-6/h1-3H,(H2,9,10). The van der Waals surface area contributed by atoms with Gasteiger partial charge < -0.3 is 9.92 Å². The van der Waals surface area contributed by atoms with E-state index in [-0.39, 0.29) is 5.82 Å². The third-order valence-corrected chi connectivity index (χ3v) is 2.01. The fourth-order valence-corrected chi connectivity index (χ4v) is 1.36. The van der Waals surface area contributed by atoms with E-state index in [0.29, 0.717) is 17.1 Å². The Balaban J connectivity index is 2.58. The molecule has 0 radical (unpaired) electrons. The molecule has 62 valence electrons. The van der Waals surface area contributed by atoms with Crippen molar-refractivity contribution in [2.24, 2.45) is 10.1 Å². The topological polar surface area (TPSA) is 47.6 Å². The molecular formula is C7H5FN2OS. The molecule has 0 amide bonds. The highest BCUT2D eigenvalue weighted by Gasteiger charge is 2.14. The van der Waals surface area contributed by atoms with Crippen molar-refractivity contribution < 1.29 is 8.57 Å². The Bertz CT molecular complexity index is 353. The van der Waals surface area contributed by atoms with Crippen molar-refractivity contribution in [3.05, 3.63) is 29.6 Å². The van der Waals surface area contributed by atoms with E-state index >= 15 is 0 Å². The molecule has 0 aliphatic carbocycles. The average molecular weight is 184 g/mol. The molecule has 1 aliphatic heterocycles. The zero-order chi connectivity index (χ0) is 8.55. The summed E-state index contributed by atoms with van der Waals surface area (Å²) in [7, 11) is 0. The maximum absolute atomic E-state index is 12.7. The van der Waals surface area contributed by atoms with Gasteiger partial charge in [-0.15, -0.1) is 0 Å². The highest BCUT2D eigenvalue weighted by molar-refractivity contribution is 7.93. The Morgan fingerprint density at radius 1 is 1.50 bits per heavy atom. The van der Waals surface area contributed by atoms with Gasteiger partial charge in [-0.2, -0.15) is 4.40 Å². The smallest absolute Gasteiger partial charge is 0.203 e. The second-order valence-corrected chi connectivity index (χ2v) is 2.77. The van der Waals surface area contributed by atoms with E-state index in [2.05, 4.69) is 4.40 Å². The molecule has 1 heterocycles. The zero-order valence-electron chi connectivity index (χ0n) is 5.95. The summed E-state index contributed by atoms with van der Waals surface area (Å²) >= 11 is 0.892. The second kappa shape index (κ2) is 2.67. The number of benzene rings is 1. The lowest BCUT2D eigenvalue weighted by molar-refractivity contribution is 0.610. The molecule has 2 N–H and O–H groups in total. The Hall–Kier alpha value is -1.23. The molecule has 0 fully saturated rings. The van der Waals surface area contributed by atoms with Crippen LogP contribution < -0.4 is 9.92 Å². The number of rotatable bonds is 0. The number of fused-ring (bicyclic) bond motifs is 1. The van der Waals surface area contributed by atoms with Crippen LogP contribution in [-0.4, -0.2) is 5.84 Å². The van der Waals surface area contributed by atoms with Crippen LogP contribution in [-0.2, 0) is 0 Å². The number of hydrogen-bond acceptors (Lipinski definition) is 4. The van der Waals surface area contributed by atoms with E-state index < -0.39 is 0 Å². The van der Waals surface area contributed by atoms with Crippen LogP contribution in [0.1, 0.15) is 5.56 Å². The predicted molar refractivity (Wildman–Crippen MR) is 45.3 cm³/mol. The first-order valence-electron chi connectivity index (χ1n) is 3.24. The third-order valence-electron chi connectivity index (χ3n) is 1.48. The molecule has 3 nitrogen and oxygen atoms in total. The molecule has 5 heteroatoms. The van der Waals surface area contributed by atoms with E-state index in [4.69, 9.17) is 9.92 Å². The van der Waals surface area contributed by atoms with Crippen molar-refractivity contribution in [3.8, 4) is 5.75 Å². The first-order chi connectivity index (χ1) is 5.77. The van der Waals surface area contributed by atoms with Gasteiger partial charge in [0.25, 0.3) is 0 Å².